The first-order valence-electron chi connectivity index (χ1n) is 3.72. The molecule has 0 aliphatic rings. The van der Waals surface area contributed by atoms with Gasteiger partial charge in [0.1, 0.15) is 0 Å². The van der Waals surface area contributed by atoms with Crippen LogP contribution in [0, 0.1) is 0 Å². The van der Waals surface area contributed by atoms with Crippen molar-refractivity contribution < 1.29 is 18.3 Å². The van der Waals surface area contributed by atoms with Gasteiger partial charge in [0, 0.05) is 10.0 Å². The van der Waals surface area contributed by atoms with E-state index in [1.807, 2.05) is 0 Å². The van der Waals surface area contributed by atoms with Crippen LogP contribution in [0.15, 0.2) is 22.7 Å². The van der Waals surface area contributed by atoms with Gasteiger partial charge in [0.15, 0.2) is 0 Å². The number of esters is 1. The molecule has 1 aromatic carbocycles. The maximum atomic E-state index is 12.4. The van der Waals surface area contributed by atoms with E-state index in [9.17, 15) is 13.6 Å². The highest BCUT2D eigenvalue weighted by Crippen LogP contribution is 2.28. The molecule has 14 heavy (non-hydrogen) atoms. The monoisotopic (exact) mass is 264 g/mol. The van der Waals surface area contributed by atoms with Crippen LogP contribution >= 0.6 is 15.9 Å². The molecule has 1 rings (SSSR count). The van der Waals surface area contributed by atoms with Crippen LogP contribution in [0.5, 0.6) is 0 Å². The first-order valence-corrected chi connectivity index (χ1v) is 4.51. The van der Waals surface area contributed by atoms with Gasteiger partial charge < -0.3 is 4.74 Å². The molecule has 1 aromatic rings. The molecule has 0 radical (unpaired) electrons. The predicted octanol–water partition coefficient (Wildman–Crippen LogP) is 3.17. The number of methoxy groups -OCH3 is 1. The third kappa shape index (κ3) is 2.29. The van der Waals surface area contributed by atoms with Gasteiger partial charge in [-0.3, -0.25) is 0 Å². The Hall–Kier alpha value is -0.970. The minimum absolute atomic E-state index is 0.117. The van der Waals surface area contributed by atoms with Crippen LogP contribution in [0.4, 0.5) is 8.78 Å². The van der Waals surface area contributed by atoms with Crippen LogP contribution in [0.2, 0.25) is 0 Å². The lowest BCUT2D eigenvalue weighted by Gasteiger charge is -2.05. The van der Waals surface area contributed by atoms with E-state index in [1.54, 1.807) is 0 Å². The molecule has 5 heteroatoms. The van der Waals surface area contributed by atoms with Gasteiger partial charge in [0.2, 0.25) is 0 Å². The Bertz CT molecular complexity index is 353. The van der Waals surface area contributed by atoms with Gasteiger partial charge in [0.05, 0.1) is 12.7 Å². The summed E-state index contributed by atoms with van der Waals surface area (Å²) in [5.74, 6) is -0.626. The molecule has 0 fully saturated rings. The van der Waals surface area contributed by atoms with Crippen LogP contribution < -0.4 is 0 Å². The average molecular weight is 265 g/mol. The molecule has 0 aliphatic heterocycles. The second-order valence-corrected chi connectivity index (χ2v) is 3.38. The molecule has 0 N–H and O–H groups in total. The maximum Gasteiger partial charge on any atom is 0.337 e. The van der Waals surface area contributed by atoms with Crippen molar-refractivity contribution in [2.75, 3.05) is 7.11 Å². The molecule has 0 amide bonds. The molecular weight excluding hydrogens is 258 g/mol. The highest BCUT2D eigenvalue weighted by Gasteiger charge is 2.14. The summed E-state index contributed by atoms with van der Waals surface area (Å²) in [6, 6.07) is 3.93. The van der Waals surface area contributed by atoms with E-state index in [2.05, 4.69) is 20.7 Å². The van der Waals surface area contributed by atoms with Crippen molar-refractivity contribution in [3.63, 3.8) is 0 Å². The van der Waals surface area contributed by atoms with Crippen molar-refractivity contribution in [3.05, 3.63) is 33.8 Å². The fraction of sp³-hybridized carbons (Fsp3) is 0.222. The smallest absolute Gasteiger partial charge is 0.337 e. The summed E-state index contributed by atoms with van der Waals surface area (Å²) in [5, 5.41) is 0. The number of hydrogen-bond donors (Lipinski definition) is 0. The molecule has 0 heterocycles. The van der Waals surface area contributed by atoms with E-state index < -0.39 is 12.4 Å². The number of alkyl halides is 2. The first-order chi connectivity index (χ1) is 6.56. The molecule has 0 aliphatic carbocycles. The molecular formula is C9H7BrF2O2. The third-order valence-electron chi connectivity index (χ3n) is 1.65. The van der Waals surface area contributed by atoms with Crippen molar-refractivity contribution in [2.45, 2.75) is 6.43 Å². The van der Waals surface area contributed by atoms with Crippen LogP contribution in [-0.2, 0) is 4.74 Å². The molecule has 0 atom stereocenters. The first kappa shape index (κ1) is 11.1. The summed E-state index contributed by atoms with van der Waals surface area (Å²) in [6.45, 7) is 0. The van der Waals surface area contributed by atoms with E-state index >= 15 is 0 Å². The van der Waals surface area contributed by atoms with E-state index in [4.69, 9.17) is 0 Å². The number of ether oxygens (including phenoxy) is 1. The van der Waals surface area contributed by atoms with Gasteiger partial charge in [-0.15, -0.1) is 0 Å². The van der Waals surface area contributed by atoms with E-state index in [1.165, 1.54) is 19.2 Å². The van der Waals surface area contributed by atoms with Gasteiger partial charge in [-0.25, -0.2) is 13.6 Å². The van der Waals surface area contributed by atoms with Crippen molar-refractivity contribution in [1.82, 2.24) is 0 Å². The Morgan fingerprint density at radius 1 is 1.50 bits per heavy atom. The highest BCUT2D eigenvalue weighted by atomic mass is 79.9. The molecule has 0 unspecified atom stereocenters. The molecule has 0 aromatic heterocycles. The highest BCUT2D eigenvalue weighted by molar-refractivity contribution is 9.10. The van der Waals surface area contributed by atoms with Crippen molar-refractivity contribution >= 4 is 21.9 Å². The quantitative estimate of drug-likeness (QED) is 0.767. The van der Waals surface area contributed by atoms with Crippen LogP contribution in [-0.4, -0.2) is 13.1 Å². The number of halogens is 3. The zero-order valence-corrected chi connectivity index (χ0v) is 8.85. The Labute approximate surface area is 88.0 Å². The van der Waals surface area contributed by atoms with Crippen molar-refractivity contribution in [3.8, 4) is 0 Å². The number of hydrogen-bond acceptors (Lipinski definition) is 2. The van der Waals surface area contributed by atoms with Crippen molar-refractivity contribution in [1.29, 1.82) is 0 Å². The fourth-order valence-electron chi connectivity index (χ4n) is 0.956. The zero-order valence-electron chi connectivity index (χ0n) is 7.26. The Balaban J connectivity index is 3.13. The van der Waals surface area contributed by atoms with Gasteiger partial charge in [0.25, 0.3) is 6.43 Å². The number of carbonyl (C=O) groups excluding carboxylic acids is 1. The van der Waals surface area contributed by atoms with Gasteiger partial charge in [-0.2, -0.15) is 0 Å². The third-order valence-corrected chi connectivity index (χ3v) is 2.37. The molecule has 2 nitrogen and oxygen atoms in total. The zero-order chi connectivity index (χ0) is 10.7. The fourth-order valence-corrected chi connectivity index (χ4v) is 1.38. The summed E-state index contributed by atoms with van der Waals surface area (Å²) < 4.78 is 29.5. The summed E-state index contributed by atoms with van der Waals surface area (Å²) in [6.07, 6.45) is -2.62. The molecule has 0 saturated carbocycles. The summed E-state index contributed by atoms with van der Waals surface area (Å²) >= 11 is 2.97. The Morgan fingerprint density at radius 3 is 2.64 bits per heavy atom. The SMILES string of the molecule is COC(=O)c1ccc(Br)c(C(F)F)c1. The van der Waals surface area contributed by atoms with E-state index in [0.29, 0.717) is 0 Å². The predicted molar refractivity (Wildman–Crippen MR) is 50.4 cm³/mol. The second kappa shape index (κ2) is 4.50. The molecule has 0 saturated heterocycles. The summed E-state index contributed by atoms with van der Waals surface area (Å²) in [4.78, 5) is 11.0. The number of benzene rings is 1. The average Bonchev–Trinajstić information content (AvgIpc) is 2.17. The standard InChI is InChI=1S/C9H7BrF2O2/c1-14-9(13)5-2-3-7(10)6(4-5)8(11)12/h2-4,8H,1H3. The van der Waals surface area contributed by atoms with Crippen LogP contribution in [0.3, 0.4) is 0 Å². The second-order valence-electron chi connectivity index (χ2n) is 2.53. The number of carbonyl (C=O) groups is 1. The topological polar surface area (TPSA) is 26.3 Å². The molecule has 0 spiro atoms. The summed E-state index contributed by atoms with van der Waals surface area (Å²) in [5.41, 5.74) is -0.0982. The molecule has 0 bridgehead atoms. The van der Waals surface area contributed by atoms with E-state index in [-0.39, 0.29) is 15.6 Å². The van der Waals surface area contributed by atoms with Crippen LogP contribution in [0.1, 0.15) is 22.3 Å². The lowest BCUT2D eigenvalue weighted by molar-refractivity contribution is 0.0600. The Morgan fingerprint density at radius 2 is 2.14 bits per heavy atom. The lowest BCUT2D eigenvalue weighted by Crippen LogP contribution is -2.02. The lowest BCUT2D eigenvalue weighted by atomic mass is 10.1. The van der Waals surface area contributed by atoms with E-state index in [0.717, 1.165) is 6.07 Å². The van der Waals surface area contributed by atoms with Crippen LogP contribution in [0.25, 0.3) is 0 Å². The normalized spacial score (nSPS) is 10.4. The summed E-state index contributed by atoms with van der Waals surface area (Å²) in [7, 11) is 1.20. The van der Waals surface area contributed by atoms with Gasteiger partial charge in [-0.05, 0) is 18.2 Å². The van der Waals surface area contributed by atoms with Gasteiger partial charge >= 0.3 is 5.97 Å². The largest absolute Gasteiger partial charge is 0.465 e. The number of rotatable bonds is 2. The Kier molecular flexibility index (Phi) is 3.57. The molecule has 76 valence electrons. The minimum Gasteiger partial charge on any atom is -0.465 e. The maximum absolute atomic E-state index is 12.4. The van der Waals surface area contributed by atoms with Gasteiger partial charge in [-0.1, -0.05) is 15.9 Å². The minimum atomic E-state index is -2.62. The van der Waals surface area contributed by atoms with Crippen molar-refractivity contribution in [2.24, 2.45) is 0 Å².